The fourth-order valence-electron chi connectivity index (χ4n) is 4.60. The highest BCUT2D eigenvalue weighted by Crippen LogP contribution is 2.26. The molecule has 3 atom stereocenters. The van der Waals surface area contributed by atoms with Crippen LogP contribution in [0.15, 0.2) is 48.5 Å². The van der Waals surface area contributed by atoms with Crippen LogP contribution in [0.5, 0.6) is 5.75 Å². The summed E-state index contributed by atoms with van der Waals surface area (Å²) in [7, 11) is 1.61. The zero-order chi connectivity index (χ0) is 24.8. The molecule has 4 amide bonds. The van der Waals surface area contributed by atoms with Gasteiger partial charge in [-0.2, -0.15) is 0 Å². The Hall–Kier alpha value is -3.30. The molecule has 4 rings (SSSR count). The van der Waals surface area contributed by atoms with E-state index in [0.29, 0.717) is 49.6 Å². The summed E-state index contributed by atoms with van der Waals surface area (Å²) in [6, 6.07) is 13.7. The number of hydrogen-bond acceptors (Lipinski definition) is 5. The Labute approximate surface area is 209 Å². The zero-order valence-corrected chi connectivity index (χ0v) is 20.3. The van der Waals surface area contributed by atoms with E-state index in [1.807, 2.05) is 24.3 Å². The van der Waals surface area contributed by atoms with E-state index in [2.05, 4.69) is 26.2 Å². The van der Waals surface area contributed by atoms with Gasteiger partial charge in [0, 0.05) is 48.8 Å². The summed E-state index contributed by atoms with van der Waals surface area (Å²) in [5.41, 5.74) is 1.59. The van der Waals surface area contributed by atoms with E-state index in [9.17, 15) is 14.4 Å². The molecule has 2 saturated heterocycles. The van der Waals surface area contributed by atoms with Crippen LogP contribution in [0.2, 0.25) is 5.02 Å². The Morgan fingerprint density at radius 3 is 2.74 bits per heavy atom. The molecule has 0 bridgehead atoms. The number of hydrogen-bond donors (Lipinski definition) is 4. The first-order valence-corrected chi connectivity index (χ1v) is 12.0. The number of ether oxygens (including phenoxy) is 1. The van der Waals surface area contributed by atoms with Crippen molar-refractivity contribution in [2.24, 2.45) is 0 Å². The molecule has 2 aliphatic rings. The van der Waals surface area contributed by atoms with Crippen molar-refractivity contribution in [3.8, 4) is 5.75 Å². The number of amides is 4. The lowest BCUT2D eigenvalue weighted by molar-refractivity contribution is -0.129. The predicted octanol–water partition coefficient (Wildman–Crippen LogP) is 2.51. The first-order valence-electron chi connectivity index (χ1n) is 11.7. The maximum absolute atomic E-state index is 12.4. The molecule has 2 fully saturated rings. The summed E-state index contributed by atoms with van der Waals surface area (Å²) in [5, 5.41) is 12.2. The Balaban J connectivity index is 1.25. The molecule has 2 heterocycles. The number of nitrogens with zero attached hydrogens (tertiary/aromatic N) is 1. The Morgan fingerprint density at radius 2 is 2.00 bits per heavy atom. The first-order chi connectivity index (χ1) is 16.9. The molecule has 9 nitrogen and oxygen atoms in total. The van der Waals surface area contributed by atoms with E-state index >= 15 is 0 Å². The van der Waals surface area contributed by atoms with Crippen LogP contribution in [-0.4, -0.2) is 61.1 Å². The second-order valence-electron chi connectivity index (χ2n) is 8.82. The fraction of sp³-hybridized carbons (Fsp3) is 0.400. The molecule has 0 saturated carbocycles. The standard InChI is InChI=1S/C25H30ClN5O4/c1-35-21-8-5-16(6-9-21)13-27-23(32)10-7-20-14-28-24(33)22-12-19(15-31(20)22)30-25(34)29-18-4-2-3-17(26)11-18/h2-6,8-9,11,19-20,22H,7,10,12-15H2,1H3,(H,27,32)(H,28,33)(H2,29,30,34). The number of carbonyl (C=O) groups is 3. The van der Waals surface area contributed by atoms with Gasteiger partial charge in [-0.3, -0.25) is 14.5 Å². The maximum atomic E-state index is 12.4. The fourth-order valence-corrected chi connectivity index (χ4v) is 4.79. The summed E-state index contributed by atoms with van der Waals surface area (Å²) in [4.78, 5) is 39.4. The molecule has 2 aromatic carbocycles. The Kier molecular flexibility index (Phi) is 8.09. The van der Waals surface area contributed by atoms with Gasteiger partial charge in [0.2, 0.25) is 11.8 Å². The maximum Gasteiger partial charge on any atom is 0.319 e. The average Bonchev–Trinajstić information content (AvgIpc) is 3.27. The van der Waals surface area contributed by atoms with Gasteiger partial charge in [-0.1, -0.05) is 29.8 Å². The number of piperazine rings is 1. The number of rotatable bonds is 8. The highest BCUT2D eigenvalue weighted by atomic mass is 35.5. The molecule has 0 radical (unpaired) electrons. The normalized spacial score (nSPS) is 21.5. The molecule has 0 spiro atoms. The van der Waals surface area contributed by atoms with E-state index in [1.54, 1.807) is 31.4 Å². The minimum Gasteiger partial charge on any atom is -0.497 e. The van der Waals surface area contributed by atoms with E-state index in [-0.39, 0.29) is 36.0 Å². The van der Waals surface area contributed by atoms with Crippen LogP contribution in [0.4, 0.5) is 10.5 Å². The third-order valence-corrected chi connectivity index (χ3v) is 6.63. The van der Waals surface area contributed by atoms with Crippen LogP contribution in [0.3, 0.4) is 0 Å². The SMILES string of the molecule is COc1ccc(CNC(=O)CCC2CNC(=O)C3CC(NC(=O)Nc4cccc(Cl)c4)CN23)cc1. The number of urea groups is 1. The second kappa shape index (κ2) is 11.4. The molecule has 2 aliphatic heterocycles. The van der Waals surface area contributed by atoms with E-state index in [0.717, 1.165) is 11.3 Å². The summed E-state index contributed by atoms with van der Waals surface area (Å²) >= 11 is 5.97. The lowest BCUT2D eigenvalue weighted by Gasteiger charge is -2.37. The highest BCUT2D eigenvalue weighted by Gasteiger charge is 2.43. The van der Waals surface area contributed by atoms with Gasteiger partial charge in [-0.25, -0.2) is 4.79 Å². The van der Waals surface area contributed by atoms with Gasteiger partial charge in [-0.15, -0.1) is 0 Å². The molecule has 10 heteroatoms. The number of anilines is 1. The van der Waals surface area contributed by atoms with Crippen molar-refractivity contribution in [2.45, 2.75) is 43.9 Å². The minimum absolute atomic E-state index is 0.0345. The van der Waals surface area contributed by atoms with Gasteiger partial charge in [0.1, 0.15) is 5.75 Å². The van der Waals surface area contributed by atoms with Gasteiger partial charge < -0.3 is 26.0 Å². The van der Waals surface area contributed by atoms with Gasteiger partial charge in [0.05, 0.1) is 13.2 Å². The van der Waals surface area contributed by atoms with Crippen molar-refractivity contribution in [3.63, 3.8) is 0 Å². The Morgan fingerprint density at radius 1 is 1.20 bits per heavy atom. The molecule has 4 N–H and O–H groups in total. The summed E-state index contributed by atoms with van der Waals surface area (Å²) in [6.07, 6.45) is 1.49. The van der Waals surface area contributed by atoms with Crippen LogP contribution in [-0.2, 0) is 16.1 Å². The largest absolute Gasteiger partial charge is 0.497 e. The summed E-state index contributed by atoms with van der Waals surface area (Å²) in [6.45, 7) is 1.49. The predicted molar refractivity (Wildman–Crippen MR) is 133 cm³/mol. The average molecular weight is 500 g/mol. The number of carbonyl (C=O) groups excluding carboxylic acids is 3. The molecule has 35 heavy (non-hydrogen) atoms. The van der Waals surface area contributed by atoms with Gasteiger partial charge >= 0.3 is 6.03 Å². The first kappa shape index (κ1) is 24.8. The molecule has 0 aromatic heterocycles. The Bertz CT molecular complexity index is 1060. The summed E-state index contributed by atoms with van der Waals surface area (Å²) < 4.78 is 5.15. The van der Waals surface area contributed by atoms with Crippen LogP contribution in [0.25, 0.3) is 0 Å². The van der Waals surface area contributed by atoms with Crippen molar-refractivity contribution >= 4 is 35.1 Å². The molecule has 0 aliphatic carbocycles. The van der Waals surface area contributed by atoms with E-state index in [1.165, 1.54) is 0 Å². The molecule has 2 aromatic rings. The van der Waals surface area contributed by atoms with Gasteiger partial charge in [-0.05, 0) is 48.7 Å². The quantitative estimate of drug-likeness (QED) is 0.446. The molecular weight excluding hydrogens is 470 g/mol. The topological polar surface area (TPSA) is 112 Å². The van der Waals surface area contributed by atoms with Crippen molar-refractivity contribution in [3.05, 3.63) is 59.1 Å². The van der Waals surface area contributed by atoms with Gasteiger partial charge in [0.25, 0.3) is 0 Å². The number of halogens is 1. The second-order valence-corrected chi connectivity index (χ2v) is 9.25. The van der Waals surface area contributed by atoms with Crippen molar-refractivity contribution < 1.29 is 19.1 Å². The third kappa shape index (κ3) is 6.64. The third-order valence-electron chi connectivity index (χ3n) is 6.39. The monoisotopic (exact) mass is 499 g/mol. The smallest absolute Gasteiger partial charge is 0.319 e. The lowest BCUT2D eigenvalue weighted by Crippen LogP contribution is -2.58. The summed E-state index contributed by atoms with van der Waals surface area (Å²) in [5.74, 6) is 0.697. The van der Waals surface area contributed by atoms with E-state index in [4.69, 9.17) is 16.3 Å². The number of benzene rings is 2. The van der Waals surface area contributed by atoms with Crippen LogP contribution in [0.1, 0.15) is 24.8 Å². The zero-order valence-electron chi connectivity index (χ0n) is 19.6. The molecule has 3 unspecified atom stereocenters. The van der Waals surface area contributed by atoms with Crippen molar-refractivity contribution in [1.82, 2.24) is 20.9 Å². The van der Waals surface area contributed by atoms with Crippen LogP contribution >= 0.6 is 11.6 Å². The molecular formula is C25H30ClN5O4. The van der Waals surface area contributed by atoms with Gasteiger partial charge in [0.15, 0.2) is 0 Å². The van der Waals surface area contributed by atoms with Crippen molar-refractivity contribution in [2.75, 3.05) is 25.5 Å². The van der Waals surface area contributed by atoms with Crippen LogP contribution in [0, 0.1) is 0 Å². The lowest BCUT2D eigenvalue weighted by atomic mass is 10.0. The minimum atomic E-state index is -0.341. The number of nitrogens with one attached hydrogen (secondary N) is 4. The number of methoxy groups -OCH3 is 1. The highest BCUT2D eigenvalue weighted by molar-refractivity contribution is 6.30. The van der Waals surface area contributed by atoms with E-state index < -0.39 is 0 Å². The van der Waals surface area contributed by atoms with Crippen molar-refractivity contribution in [1.29, 1.82) is 0 Å². The molecule has 186 valence electrons. The number of fused-ring (bicyclic) bond motifs is 1. The van der Waals surface area contributed by atoms with Crippen LogP contribution < -0.4 is 26.0 Å².